The molecule has 2 aromatic rings. The van der Waals surface area contributed by atoms with Gasteiger partial charge >= 0.3 is 23.5 Å². The second-order valence-electron chi connectivity index (χ2n) is 8.15. The van der Waals surface area contributed by atoms with Crippen molar-refractivity contribution in [2.45, 2.75) is 50.4 Å². The molecule has 2 aliphatic rings. The van der Waals surface area contributed by atoms with E-state index in [1.807, 2.05) is 11.9 Å². The monoisotopic (exact) mass is 577 g/mol. The molecule has 0 amide bonds. The Labute approximate surface area is 202 Å². The zero-order valence-electron chi connectivity index (χ0n) is 18.6. The highest BCUT2D eigenvalue weighted by atomic mass is 31.3. The number of ether oxygens (including phenoxy) is 1. The van der Waals surface area contributed by atoms with Gasteiger partial charge in [0.2, 0.25) is 0 Å². The number of rotatable bonds is 10. The van der Waals surface area contributed by atoms with Gasteiger partial charge in [-0.15, -0.1) is 0 Å². The highest BCUT2D eigenvalue weighted by Crippen LogP contribution is 2.66. The van der Waals surface area contributed by atoms with Crippen LogP contribution in [-0.2, 0) is 31.6 Å². The van der Waals surface area contributed by atoms with E-state index < -0.39 is 54.7 Å². The fraction of sp³-hybridized carbons (Fsp3) is 0.667. The average molecular weight is 577 g/mol. The van der Waals surface area contributed by atoms with Crippen LogP contribution in [0.4, 0.5) is 10.2 Å². The molecule has 5 N–H and O–H groups in total. The third-order valence-electron chi connectivity index (χ3n) is 5.33. The molecule has 2 fully saturated rings. The van der Waals surface area contributed by atoms with Crippen molar-refractivity contribution in [3.8, 4) is 0 Å². The molecule has 1 aliphatic carbocycles. The summed E-state index contributed by atoms with van der Waals surface area (Å²) in [5, 5.41) is 10.3. The molecule has 4 rings (SSSR count). The molecule has 0 aromatic carbocycles. The maximum atomic E-state index is 15.0. The Bertz CT molecular complexity index is 1290. The molecule has 0 radical (unpaired) electrons. The summed E-state index contributed by atoms with van der Waals surface area (Å²) in [5.74, 6) is 0.918. The number of nitrogens with zero attached hydrogens (tertiary/aromatic N) is 5. The van der Waals surface area contributed by atoms with E-state index in [9.17, 15) is 28.6 Å². The first-order valence-corrected chi connectivity index (χ1v) is 14.8. The van der Waals surface area contributed by atoms with Crippen LogP contribution < -0.4 is 4.90 Å². The normalized spacial score (nSPS) is 28.2. The lowest BCUT2D eigenvalue weighted by Gasteiger charge is -2.19. The third kappa shape index (κ3) is 6.18. The predicted octanol–water partition coefficient (Wildman–Crippen LogP) is 0.673. The van der Waals surface area contributed by atoms with Crippen LogP contribution in [0.3, 0.4) is 0 Å². The van der Waals surface area contributed by atoms with Crippen molar-refractivity contribution >= 4 is 40.4 Å². The van der Waals surface area contributed by atoms with Gasteiger partial charge in [0.25, 0.3) is 0 Å². The summed E-state index contributed by atoms with van der Waals surface area (Å²) >= 11 is 0. The molecular weight excluding hydrogens is 554 g/mol. The number of aromatic nitrogens is 4. The van der Waals surface area contributed by atoms with Gasteiger partial charge in [0, 0.05) is 13.1 Å². The van der Waals surface area contributed by atoms with E-state index in [1.165, 1.54) is 10.9 Å². The van der Waals surface area contributed by atoms with Crippen LogP contribution in [-0.4, -0.2) is 82.3 Å². The van der Waals surface area contributed by atoms with E-state index in [1.54, 1.807) is 6.92 Å². The zero-order chi connectivity index (χ0) is 26.6. The van der Waals surface area contributed by atoms with Crippen LogP contribution in [0, 0.1) is 6.92 Å². The minimum Gasteiger partial charge on any atom is -0.387 e. The number of hydrogen-bond donors (Lipinski definition) is 5. The Morgan fingerprint density at radius 2 is 1.83 bits per heavy atom. The number of aryl methyl sites for hydroxylation is 1. The van der Waals surface area contributed by atoms with Crippen LogP contribution in [0.1, 0.15) is 24.9 Å². The minimum atomic E-state index is -5.73. The molecular formula is C15H23FN5O12P3. The standard InChI is InChI=1S/C15H23FN5O12P3/c1-7-18-13(20(2)8-3-4-8)11-14(19-7)21(6-17-11)15-10(16)12(22)9(31-15)5-30-35(26,27)33-36(28,29)32-34(23,24)25/h6,8-10,12,15,22H,3-5H2,1-2H3,(H,26,27)(H,28,29)(H2,23,24,25)/t9-,10+,12-,15-/m1/s1. The second kappa shape index (κ2) is 9.73. The largest absolute Gasteiger partial charge is 0.490 e. The molecule has 202 valence electrons. The highest BCUT2D eigenvalue weighted by Gasteiger charge is 2.48. The van der Waals surface area contributed by atoms with Crippen LogP contribution in [0.15, 0.2) is 6.33 Å². The molecule has 0 bridgehead atoms. The highest BCUT2D eigenvalue weighted by molar-refractivity contribution is 7.66. The summed E-state index contributed by atoms with van der Waals surface area (Å²) < 4.78 is 67.4. The van der Waals surface area contributed by atoms with Crippen molar-refractivity contribution in [3.63, 3.8) is 0 Å². The van der Waals surface area contributed by atoms with Gasteiger partial charge in [-0.1, -0.05) is 0 Å². The molecule has 17 nitrogen and oxygen atoms in total. The van der Waals surface area contributed by atoms with Gasteiger partial charge in [0.15, 0.2) is 29.4 Å². The molecule has 21 heteroatoms. The Morgan fingerprint density at radius 1 is 1.17 bits per heavy atom. The molecule has 3 heterocycles. The lowest BCUT2D eigenvalue weighted by molar-refractivity contribution is -0.0450. The van der Waals surface area contributed by atoms with E-state index in [0.717, 1.165) is 12.8 Å². The Balaban J connectivity index is 1.49. The Kier molecular flexibility index (Phi) is 7.47. The SMILES string of the molecule is Cc1nc(N(C)C2CC2)c2ncn([C@@H]3O[C@H](COP(=O)(O)OP(=O)(O)OP(=O)(O)O)[C@@H](O)[C@@H]3F)c2n1. The maximum Gasteiger partial charge on any atom is 0.490 e. The Hall–Kier alpha value is -1.39. The molecule has 6 atom stereocenters. The summed E-state index contributed by atoms with van der Waals surface area (Å²) in [6.45, 7) is 0.627. The van der Waals surface area contributed by atoms with Gasteiger partial charge in [0.1, 0.15) is 18.0 Å². The first-order chi connectivity index (χ1) is 16.6. The van der Waals surface area contributed by atoms with Crippen LogP contribution >= 0.6 is 23.5 Å². The van der Waals surface area contributed by atoms with E-state index in [2.05, 4.69) is 28.1 Å². The number of imidazole rings is 1. The number of anilines is 1. The smallest absolute Gasteiger partial charge is 0.387 e. The summed E-state index contributed by atoms with van der Waals surface area (Å²) in [4.78, 5) is 50.8. The van der Waals surface area contributed by atoms with Gasteiger partial charge in [-0.2, -0.15) is 8.62 Å². The van der Waals surface area contributed by atoms with E-state index >= 15 is 4.39 Å². The van der Waals surface area contributed by atoms with Crippen molar-refractivity contribution in [2.24, 2.45) is 0 Å². The molecule has 1 saturated heterocycles. The predicted molar refractivity (Wildman–Crippen MR) is 116 cm³/mol. The number of fused-ring (bicyclic) bond motifs is 1. The number of alkyl halides is 1. The first-order valence-electron chi connectivity index (χ1n) is 10.3. The average Bonchev–Trinajstić information content (AvgIpc) is 3.43. The maximum absolute atomic E-state index is 15.0. The summed E-state index contributed by atoms with van der Waals surface area (Å²) in [5.41, 5.74) is 0.593. The number of aliphatic hydroxyl groups is 1. The second-order valence-corrected chi connectivity index (χ2v) is 12.6. The molecule has 2 unspecified atom stereocenters. The fourth-order valence-electron chi connectivity index (χ4n) is 3.61. The molecule has 1 aliphatic heterocycles. The van der Waals surface area contributed by atoms with Crippen LogP contribution in [0.25, 0.3) is 11.2 Å². The summed E-state index contributed by atoms with van der Waals surface area (Å²) in [7, 11) is -14.9. The van der Waals surface area contributed by atoms with Crippen molar-refractivity contribution in [2.75, 3.05) is 18.6 Å². The molecule has 36 heavy (non-hydrogen) atoms. The van der Waals surface area contributed by atoms with Gasteiger partial charge in [-0.3, -0.25) is 9.09 Å². The fourth-order valence-corrected chi connectivity index (χ4v) is 6.64. The van der Waals surface area contributed by atoms with Crippen molar-refractivity contribution in [3.05, 3.63) is 12.2 Å². The zero-order valence-corrected chi connectivity index (χ0v) is 21.3. The van der Waals surface area contributed by atoms with Crippen molar-refractivity contribution < 1.29 is 60.6 Å². The third-order valence-corrected chi connectivity index (χ3v) is 9.13. The van der Waals surface area contributed by atoms with Crippen molar-refractivity contribution in [1.82, 2.24) is 19.5 Å². The van der Waals surface area contributed by atoms with E-state index in [0.29, 0.717) is 23.2 Å². The number of halogens is 1. The molecule has 2 aromatic heterocycles. The molecule has 1 saturated carbocycles. The quantitative estimate of drug-likeness (QED) is 0.244. The van der Waals surface area contributed by atoms with Crippen molar-refractivity contribution in [1.29, 1.82) is 0 Å². The van der Waals surface area contributed by atoms with Gasteiger partial charge in [-0.25, -0.2) is 33.0 Å². The number of phosphoric acid groups is 3. The van der Waals surface area contributed by atoms with Crippen LogP contribution in [0.2, 0.25) is 0 Å². The first kappa shape index (κ1) is 27.6. The van der Waals surface area contributed by atoms with Crippen LogP contribution in [0.5, 0.6) is 0 Å². The van der Waals surface area contributed by atoms with Gasteiger partial charge < -0.3 is 34.3 Å². The lowest BCUT2D eigenvalue weighted by atomic mass is 10.1. The summed E-state index contributed by atoms with van der Waals surface area (Å²) in [6, 6.07) is 0.297. The Morgan fingerprint density at radius 3 is 2.44 bits per heavy atom. The number of phosphoric ester groups is 1. The van der Waals surface area contributed by atoms with E-state index in [4.69, 9.17) is 14.5 Å². The number of hydrogen-bond acceptors (Lipinski definition) is 12. The topological polar surface area (TPSA) is 236 Å². The summed E-state index contributed by atoms with van der Waals surface area (Å²) in [6.07, 6.45) is -3.77. The lowest BCUT2D eigenvalue weighted by Crippen LogP contribution is -2.31. The minimum absolute atomic E-state index is 0.221. The van der Waals surface area contributed by atoms with E-state index in [-0.39, 0.29) is 5.65 Å². The molecule has 0 spiro atoms. The number of aliphatic hydroxyl groups excluding tert-OH is 1. The van der Waals surface area contributed by atoms with Gasteiger partial charge in [-0.05, 0) is 19.8 Å². The van der Waals surface area contributed by atoms with Gasteiger partial charge in [0.05, 0.1) is 12.9 Å².